The number of rotatable bonds is 2. The van der Waals surface area contributed by atoms with Crippen LogP contribution in [0.3, 0.4) is 0 Å². The van der Waals surface area contributed by atoms with Crippen molar-refractivity contribution in [3.8, 4) is 0 Å². The zero-order valence-corrected chi connectivity index (χ0v) is 8.93. The van der Waals surface area contributed by atoms with Gasteiger partial charge in [0.1, 0.15) is 5.69 Å². The maximum Gasteiger partial charge on any atom is 0.354 e. The highest BCUT2D eigenvalue weighted by molar-refractivity contribution is 5.89. The van der Waals surface area contributed by atoms with E-state index in [1.54, 1.807) is 6.92 Å². The van der Waals surface area contributed by atoms with Gasteiger partial charge in [0, 0.05) is 5.69 Å². The molecule has 0 saturated heterocycles. The molecule has 0 aliphatic heterocycles. The van der Waals surface area contributed by atoms with E-state index in [0.29, 0.717) is 12.3 Å². The Balaban J connectivity index is 2.29. The monoisotopic (exact) mass is 205 g/mol. The van der Waals surface area contributed by atoms with E-state index in [-0.39, 0.29) is 5.97 Å². The molecule has 1 aliphatic rings. The van der Waals surface area contributed by atoms with Gasteiger partial charge >= 0.3 is 5.97 Å². The molecule has 1 heterocycles. The number of hydrogen-bond acceptors (Lipinski definition) is 2. The molecule has 0 unspecified atom stereocenters. The lowest BCUT2D eigenvalue weighted by molar-refractivity contribution is 0.0520. The summed E-state index contributed by atoms with van der Waals surface area (Å²) in [7, 11) is 0. The highest BCUT2D eigenvalue weighted by Crippen LogP contribution is 2.29. The second-order valence-electron chi connectivity index (χ2n) is 3.75. The fourth-order valence-electron chi connectivity index (χ4n) is 1.94. The molecule has 0 radical (unpaired) electrons. The summed E-state index contributed by atoms with van der Waals surface area (Å²) < 4.78 is 4.94. The standard InChI is InChI=1S/C12H15NO2/c1-3-15-12(14)11-7-9-8(2)5-4-6-10(9)13-11/h7,13H,2-6H2,1H3. The van der Waals surface area contributed by atoms with Gasteiger partial charge in [0.05, 0.1) is 6.61 Å². The van der Waals surface area contributed by atoms with Gasteiger partial charge in [-0.3, -0.25) is 0 Å². The van der Waals surface area contributed by atoms with E-state index in [1.807, 2.05) is 6.07 Å². The molecular formula is C12H15NO2. The molecule has 1 aromatic heterocycles. The normalized spacial score (nSPS) is 14.9. The molecule has 0 atom stereocenters. The van der Waals surface area contributed by atoms with Crippen molar-refractivity contribution in [3.63, 3.8) is 0 Å². The van der Waals surface area contributed by atoms with Crippen molar-refractivity contribution >= 4 is 11.5 Å². The Morgan fingerprint density at radius 2 is 2.40 bits per heavy atom. The third-order valence-electron chi connectivity index (χ3n) is 2.68. The number of fused-ring (bicyclic) bond motifs is 1. The Kier molecular flexibility index (Phi) is 2.62. The highest BCUT2D eigenvalue weighted by Gasteiger charge is 2.18. The van der Waals surface area contributed by atoms with Crippen LogP contribution in [0.4, 0.5) is 0 Å². The van der Waals surface area contributed by atoms with E-state index >= 15 is 0 Å². The summed E-state index contributed by atoms with van der Waals surface area (Å²) >= 11 is 0. The Hall–Kier alpha value is -1.51. The number of aromatic nitrogens is 1. The summed E-state index contributed by atoms with van der Waals surface area (Å²) in [4.78, 5) is 14.6. The minimum atomic E-state index is -0.278. The maximum absolute atomic E-state index is 11.5. The van der Waals surface area contributed by atoms with Gasteiger partial charge in [-0.25, -0.2) is 4.79 Å². The van der Waals surface area contributed by atoms with E-state index in [4.69, 9.17) is 4.74 Å². The maximum atomic E-state index is 11.5. The molecule has 0 fully saturated rings. The third kappa shape index (κ3) is 1.82. The number of H-pyrrole nitrogens is 1. The minimum absolute atomic E-state index is 0.278. The van der Waals surface area contributed by atoms with E-state index < -0.39 is 0 Å². The van der Waals surface area contributed by atoms with E-state index in [1.165, 1.54) is 0 Å². The average molecular weight is 205 g/mol. The Morgan fingerprint density at radius 1 is 1.60 bits per heavy atom. The molecule has 1 aliphatic carbocycles. The van der Waals surface area contributed by atoms with E-state index in [2.05, 4.69) is 11.6 Å². The van der Waals surface area contributed by atoms with Gasteiger partial charge in [-0.2, -0.15) is 0 Å². The number of nitrogens with one attached hydrogen (secondary N) is 1. The van der Waals surface area contributed by atoms with Crippen LogP contribution in [0.15, 0.2) is 12.6 Å². The minimum Gasteiger partial charge on any atom is -0.461 e. The number of carbonyl (C=O) groups excluding carboxylic acids is 1. The van der Waals surface area contributed by atoms with Gasteiger partial charge in [-0.05, 0) is 43.4 Å². The van der Waals surface area contributed by atoms with Crippen LogP contribution < -0.4 is 0 Å². The van der Waals surface area contributed by atoms with Crippen LogP contribution in [-0.2, 0) is 11.2 Å². The summed E-state index contributed by atoms with van der Waals surface area (Å²) in [6.07, 6.45) is 3.12. The Labute approximate surface area is 89.1 Å². The van der Waals surface area contributed by atoms with Gasteiger partial charge in [-0.15, -0.1) is 0 Å². The number of aryl methyl sites for hydroxylation is 1. The SMILES string of the molecule is C=C1CCCc2[nH]c(C(=O)OCC)cc21. The zero-order chi connectivity index (χ0) is 10.8. The van der Waals surface area contributed by atoms with E-state index in [0.717, 1.165) is 36.1 Å². The summed E-state index contributed by atoms with van der Waals surface area (Å²) in [6.45, 7) is 6.21. The number of ether oxygens (including phenoxy) is 1. The van der Waals surface area contributed by atoms with Crippen LogP contribution in [0.5, 0.6) is 0 Å². The molecule has 80 valence electrons. The predicted molar refractivity (Wildman–Crippen MR) is 58.7 cm³/mol. The molecule has 3 heteroatoms. The molecule has 0 aromatic carbocycles. The van der Waals surface area contributed by atoms with Crippen molar-refractivity contribution < 1.29 is 9.53 Å². The van der Waals surface area contributed by atoms with Crippen LogP contribution in [0, 0.1) is 0 Å². The molecule has 0 bridgehead atoms. The van der Waals surface area contributed by atoms with Crippen molar-refractivity contribution in [2.75, 3.05) is 6.61 Å². The first kappa shape index (κ1) is 10.0. The van der Waals surface area contributed by atoms with Crippen molar-refractivity contribution in [3.05, 3.63) is 29.6 Å². The van der Waals surface area contributed by atoms with Gasteiger partial charge in [0.15, 0.2) is 0 Å². The summed E-state index contributed by atoms with van der Waals surface area (Å²) in [5.41, 5.74) is 3.88. The van der Waals surface area contributed by atoms with Crippen molar-refractivity contribution in [2.45, 2.75) is 26.2 Å². The summed E-state index contributed by atoms with van der Waals surface area (Å²) in [5, 5.41) is 0. The number of carbonyl (C=O) groups is 1. The van der Waals surface area contributed by atoms with Gasteiger partial charge in [0.2, 0.25) is 0 Å². The average Bonchev–Trinajstić information content (AvgIpc) is 2.63. The fourth-order valence-corrected chi connectivity index (χ4v) is 1.94. The number of aromatic amines is 1. The molecule has 1 N–H and O–H groups in total. The molecular weight excluding hydrogens is 190 g/mol. The first-order chi connectivity index (χ1) is 7.22. The predicted octanol–water partition coefficient (Wildman–Crippen LogP) is 2.54. The van der Waals surface area contributed by atoms with Gasteiger partial charge in [-0.1, -0.05) is 6.58 Å². The Bertz CT molecular complexity index is 404. The van der Waals surface area contributed by atoms with Gasteiger partial charge < -0.3 is 9.72 Å². The number of hydrogen-bond donors (Lipinski definition) is 1. The second kappa shape index (κ2) is 3.93. The first-order valence-corrected chi connectivity index (χ1v) is 5.29. The topological polar surface area (TPSA) is 42.1 Å². The Morgan fingerprint density at radius 3 is 3.07 bits per heavy atom. The molecule has 0 spiro atoms. The molecule has 1 aromatic rings. The fraction of sp³-hybridized carbons (Fsp3) is 0.417. The lowest BCUT2D eigenvalue weighted by atomic mass is 9.94. The van der Waals surface area contributed by atoms with Crippen LogP contribution >= 0.6 is 0 Å². The largest absolute Gasteiger partial charge is 0.461 e. The second-order valence-corrected chi connectivity index (χ2v) is 3.75. The molecule has 2 rings (SSSR count). The lowest BCUT2D eigenvalue weighted by Crippen LogP contribution is -2.05. The number of allylic oxidation sites excluding steroid dienone is 1. The smallest absolute Gasteiger partial charge is 0.354 e. The van der Waals surface area contributed by atoms with Crippen molar-refractivity contribution in [1.82, 2.24) is 4.98 Å². The quantitative estimate of drug-likeness (QED) is 0.754. The molecule has 3 nitrogen and oxygen atoms in total. The lowest BCUT2D eigenvalue weighted by Gasteiger charge is -2.12. The molecule has 15 heavy (non-hydrogen) atoms. The number of esters is 1. The zero-order valence-electron chi connectivity index (χ0n) is 8.93. The summed E-state index contributed by atoms with van der Waals surface area (Å²) in [5.74, 6) is -0.278. The van der Waals surface area contributed by atoms with Crippen LogP contribution in [0.1, 0.15) is 41.5 Å². The van der Waals surface area contributed by atoms with Crippen LogP contribution in [0.25, 0.3) is 5.57 Å². The van der Waals surface area contributed by atoms with Crippen LogP contribution in [-0.4, -0.2) is 17.6 Å². The van der Waals surface area contributed by atoms with Gasteiger partial charge in [0.25, 0.3) is 0 Å². The third-order valence-corrected chi connectivity index (χ3v) is 2.68. The molecule has 0 amide bonds. The van der Waals surface area contributed by atoms with E-state index in [9.17, 15) is 4.79 Å². The summed E-state index contributed by atoms with van der Waals surface area (Å²) in [6, 6.07) is 1.86. The first-order valence-electron chi connectivity index (χ1n) is 5.29. The van der Waals surface area contributed by atoms with Crippen molar-refractivity contribution in [1.29, 1.82) is 0 Å². The highest BCUT2D eigenvalue weighted by atomic mass is 16.5. The molecule has 0 saturated carbocycles. The van der Waals surface area contributed by atoms with Crippen molar-refractivity contribution in [2.24, 2.45) is 0 Å². The van der Waals surface area contributed by atoms with Crippen LogP contribution in [0.2, 0.25) is 0 Å².